The van der Waals surface area contributed by atoms with Crippen LogP contribution in [0.2, 0.25) is 0 Å². The van der Waals surface area contributed by atoms with Crippen molar-refractivity contribution in [3.63, 3.8) is 0 Å². The van der Waals surface area contributed by atoms with Crippen molar-refractivity contribution in [2.45, 2.75) is 52.9 Å². The minimum atomic E-state index is -2.64. The number of halogens is 3. The van der Waals surface area contributed by atoms with E-state index in [0.717, 1.165) is 11.1 Å². The Morgan fingerprint density at radius 2 is 1.76 bits per heavy atom. The highest BCUT2D eigenvalue weighted by Crippen LogP contribution is 2.43. The Kier molecular flexibility index (Phi) is 7.20. The van der Waals surface area contributed by atoms with Crippen LogP contribution in [-0.4, -0.2) is 24.1 Å². The second kappa shape index (κ2) is 9.73. The van der Waals surface area contributed by atoms with Gasteiger partial charge in [0.2, 0.25) is 5.83 Å². The first kappa shape index (κ1) is 24.4. The van der Waals surface area contributed by atoms with Crippen molar-refractivity contribution < 1.29 is 32.2 Å². The molecule has 0 aliphatic rings. The number of rotatable bonds is 8. The molecule has 1 aromatic heterocycles. The van der Waals surface area contributed by atoms with E-state index in [2.05, 4.69) is 0 Å². The number of carbonyl (C=O) groups is 1. The quantitative estimate of drug-likeness (QED) is 0.349. The molecule has 0 fully saturated rings. The SMILES string of the molecule is CC(=C(F)C(=O)O)c1cc2cccc(-c3cc(C(C)C)cc(C(C)C)c3OCC(F)F)c2o1. The van der Waals surface area contributed by atoms with Crippen LogP contribution in [0.5, 0.6) is 5.75 Å². The molecule has 7 heteroatoms. The van der Waals surface area contributed by atoms with Crippen molar-refractivity contribution >= 4 is 22.5 Å². The lowest BCUT2D eigenvalue weighted by molar-refractivity contribution is -0.134. The fourth-order valence-corrected chi connectivity index (χ4v) is 3.67. The molecule has 0 radical (unpaired) electrons. The molecule has 3 rings (SSSR count). The maximum Gasteiger partial charge on any atom is 0.365 e. The van der Waals surface area contributed by atoms with E-state index >= 15 is 0 Å². The summed E-state index contributed by atoms with van der Waals surface area (Å²) in [7, 11) is 0. The minimum absolute atomic E-state index is 0.0105. The van der Waals surface area contributed by atoms with Gasteiger partial charge in [0, 0.05) is 22.1 Å². The summed E-state index contributed by atoms with van der Waals surface area (Å²) < 4.78 is 51.6. The number of carboxylic acid groups (broad SMARTS) is 1. The predicted molar refractivity (Wildman–Crippen MR) is 123 cm³/mol. The number of furan rings is 1. The number of hydrogen-bond acceptors (Lipinski definition) is 3. The lowest BCUT2D eigenvalue weighted by Crippen LogP contribution is -2.10. The molecule has 0 spiro atoms. The van der Waals surface area contributed by atoms with E-state index in [9.17, 15) is 18.0 Å². The van der Waals surface area contributed by atoms with Gasteiger partial charge in [-0.15, -0.1) is 0 Å². The molecule has 3 aromatic rings. The third kappa shape index (κ3) is 5.07. The van der Waals surface area contributed by atoms with E-state index in [1.165, 1.54) is 6.92 Å². The van der Waals surface area contributed by atoms with Gasteiger partial charge in [-0.1, -0.05) is 52.0 Å². The monoisotopic (exact) mass is 460 g/mol. The minimum Gasteiger partial charge on any atom is -0.487 e. The summed E-state index contributed by atoms with van der Waals surface area (Å²) in [6.45, 7) is 8.58. The van der Waals surface area contributed by atoms with Crippen molar-refractivity contribution in [2.75, 3.05) is 6.61 Å². The summed E-state index contributed by atoms with van der Waals surface area (Å²) in [5.74, 6) is -2.37. The number of alkyl halides is 2. The maximum atomic E-state index is 14.0. The standard InChI is InChI=1S/C26H27F3O4/c1-13(2)17-9-19(14(3)4)25(32-12-22(27)28)20(10-17)18-8-6-7-16-11-21(33-24(16)18)15(5)23(29)26(30)31/h6-11,13-14,22H,12H2,1-5H3,(H,30,31). The van der Waals surface area contributed by atoms with E-state index < -0.39 is 24.8 Å². The van der Waals surface area contributed by atoms with Crippen LogP contribution < -0.4 is 4.74 Å². The number of carboxylic acids is 1. The van der Waals surface area contributed by atoms with Gasteiger partial charge in [0.05, 0.1) is 0 Å². The van der Waals surface area contributed by atoms with Gasteiger partial charge in [-0.2, -0.15) is 4.39 Å². The number of hydrogen-bond donors (Lipinski definition) is 1. The van der Waals surface area contributed by atoms with Crippen LogP contribution >= 0.6 is 0 Å². The van der Waals surface area contributed by atoms with Crippen LogP contribution in [0.1, 0.15) is 63.3 Å². The van der Waals surface area contributed by atoms with Gasteiger partial charge in [-0.25, -0.2) is 13.6 Å². The summed E-state index contributed by atoms with van der Waals surface area (Å²) in [4.78, 5) is 11.0. The Morgan fingerprint density at radius 1 is 1.06 bits per heavy atom. The Morgan fingerprint density at radius 3 is 2.33 bits per heavy atom. The predicted octanol–water partition coefficient (Wildman–Crippen LogP) is 7.78. The molecular formula is C26H27F3O4. The topological polar surface area (TPSA) is 59.7 Å². The van der Waals surface area contributed by atoms with E-state index in [1.54, 1.807) is 24.3 Å². The average molecular weight is 460 g/mol. The number of allylic oxidation sites excluding steroid dienone is 1. The van der Waals surface area contributed by atoms with Crippen molar-refractivity contribution in [1.82, 2.24) is 0 Å². The average Bonchev–Trinajstić information content (AvgIpc) is 3.20. The molecule has 0 unspecified atom stereocenters. The Hall–Kier alpha value is -3.22. The zero-order chi connectivity index (χ0) is 24.4. The van der Waals surface area contributed by atoms with E-state index in [1.807, 2.05) is 39.8 Å². The highest BCUT2D eigenvalue weighted by Gasteiger charge is 2.22. The Labute approximate surface area is 190 Å². The molecule has 0 aliphatic carbocycles. The first-order chi connectivity index (χ1) is 15.5. The first-order valence-electron chi connectivity index (χ1n) is 10.7. The van der Waals surface area contributed by atoms with Gasteiger partial charge in [-0.05, 0) is 42.0 Å². The van der Waals surface area contributed by atoms with Crippen molar-refractivity contribution in [2.24, 2.45) is 0 Å². The third-order valence-electron chi connectivity index (χ3n) is 5.50. The van der Waals surface area contributed by atoms with Gasteiger partial charge < -0.3 is 14.3 Å². The zero-order valence-corrected chi connectivity index (χ0v) is 19.2. The smallest absolute Gasteiger partial charge is 0.365 e. The number of ether oxygens (including phenoxy) is 1. The lowest BCUT2D eigenvalue weighted by atomic mass is 9.89. The third-order valence-corrected chi connectivity index (χ3v) is 5.50. The molecule has 0 atom stereocenters. The lowest BCUT2D eigenvalue weighted by Gasteiger charge is -2.21. The molecule has 0 bridgehead atoms. The normalized spacial score (nSPS) is 12.7. The fraction of sp³-hybridized carbons (Fsp3) is 0.346. The van der Waals surface area contributed by atoms with Crippen molar-refractivity contribution in [1.29, 1.82) is 0 Å². The molecule has 33 heavy (non-hydrogen) atoms. The molecule has 0 aliphatic heterocycles. The number of fused-ring (bicyclic) bond motifs is 1. The maximum absolute atomic E-state index is 14.0. The molecule has 0 saturated carbocycles. The second-order valence-corrected chi connectivity index (χ2v) is 8.58. The van der Waals surface area contributed by atoms with Gasteiger partial charge in [0.15, 0.2) is 0 Å². The highest BCUT2D eigenvalue weighted by atomic mass is 19.3. The Balaban J connectivity index is 2.31. The largest absolute Gasteiger partial charge is 0.487 e. The molecule has 0 saturated heterocycles. The molecule has 0 amide bonds. The van der Waals surface area contributed by atoms with E-state index in [0.29, 0.717) is 27.8 Å². The van der Waals surface area contributed by atoms with E-state index in [4.69, 9.17) is 14.3 Å². The van der Waals surface area contributed by atoms with Crippen LogP contribution in [0.25, 0.3) is 27.7 Å². The summed E-state index contributed by atoms with van der Waals surface area (Å²) >= 11 is 0. The Bertz CT molecular complexity index is 1210. The first-order valence-corrected chi connectivity index (χ1v) is 10.7. The summed E-state index contributed by atoms with van der Waals surface area (Å²) in [6, 6.07) is 10.7. The zero-order valence-electron chi connectivity index (χ0n) is 19.2. The van der Waals surface area contributed by atoms with Crippen molar-refractivity contribution in [3.8, 4) is 16.9 Å². The van der Waals surface area contributed by atoms with Crippen LogP contribution in [0.4, 0.5) is 13.2 Å². The molecular weight excluding hydrogens is 433 g/mol. The van der Waals surface area contributed by atoms with Gasteiger partial charge in [0.25, 0.3) is 6.43 Å². The molecule has 1 heterocycles. The molecule has 1 N–H and O–H groups in total. The summed E-state index contributed by atoms with van der Waals surface area (Å²) in [6.07, 6.45) is -2.64. The number of para-hydroxylation sites is 1. The van der Waals surface area contributed by atoms with Crippen molar-refractivity contribution in [3.05, 3.63) is 59.1 Å². The summed E-state index contributed by atoms with van der Waals surface area (Å²) in [5.41, 5.74) is 3.25. The number of benzene rings is 2. The highest BCUT2D eigenvalue weighted by molar-refractivity contribution is 5.98. The molecule has 176 valence electrons. The van der Waals surface area contributed by atoms with Gasteiger partial charge in [-0.3, -0.25) is 0 Å². The molecule has 4 nitrogen and oxygen atoms in total. The summed E-state index contributed by atoms with van der Waals surface area (Å²) in [5, 5.41) is 9.60. The van der Waals surface area contributed by atoms with Gasteiger partial charge in [0.1, 0.15) is 23.7 Å². The number of aliphatic carboxylic acids is 1. The van der Waals surface area contributed by atoms with E-state index in [-0.39, 0.29) is 23.2 Å². The fourth-order valence-electron chi connectivity index (χ4n) is 3.67. The van der Waals surface area contributed by atoms with Crippen LogP contribution in [0.15, 0.2) is 46.6 Å². The molecule has 2 aromatic carbocycles. The van der Waals surface area contributed by atoms with Gasteiger partial charge >= 0.3 is 5.97 Å². The van der Waals surface area contributed by atoms with Crippen LogP contribution in [0.3, 0.4) is 0 Å². The second-order valence-electron chi connectivity index (χ2n) is 8.58. The van der Waals surface area contributed by atoms with Crippen LogP contribution in [-0.2, 0) is 4.79 Å². The van der Waals surface area contributed by atoms with Crippen LogP contribution in [0, 0.1) is 0 Å².